The third-order valence-electron chi connectivity index (χ3n) is 3.73. The van der Waals surface area contributed by atoms with Gasteiger partial charge < -0.3 is 24.3 Å². The molecule has 2 aromatic carbocycles. The molecule has 0 spiro atoms. The topological polar surface area (TPSA) is 109 Å². The first kappa shape index (κ1) is 15.1. The molecule has 2 aliphatic heterocycles. The molecule has 1 N–H and O–H groups in total. The normalized spacial score (nSPS) is 14.1. The summed E-state index contributed by atoms with van der Waals surface area (Å²) in [5, 5.41) is 13.9. The molecule has 0 saturated heterocycles. The zero-order chi connectivity index (χ0) is 17.4. The quantitative estimate of drug-likeness (QED) is 0.672. The number of hydrogen-bond donors (Lipinski definition) is 1. The predicted molar refractivity (Wildman–Crippen MR) is 84.6 cm³/mol. The third-order valence-corrected chi connectivity index (χ3v) is 3.73. The summed E-state index contributed by atoms with van der Waals surface area (Å²) < 4.78 is 21.2. The van der Waals surface area contributed by atoms with Crippen molar-refractivity contribution in [3.63, 3.8) is 0 Å². The number of carbonyl (C=O) groups excluding carboxylic acids is 1. The van der Waals surface area contributed by atoms with E-state index in [9.17, 15) is 14.9 Å². The maximum atomic E-state index is 12.5. The highest BCUT2D eigenvalue weighted by Gasteiger charge is 2.27. The Hall–Kier alpha value is -3.49. The molecular weight excluding hydrogens is 332 g/mol. The zero-order valence-electron chi connectivity index (χ0n) is 12.8. The molecular formula is C16H12N2O7. The average molecular weight is 344 g/mol. The molecule has 128 valence electrons. The Kier molecular flexibility index (Phi) is 3.53. The number of hydrogen-bond acceptors (Lipinski definition) is 7. The van der Waals surface area contributed by atoms with Gasteiger partial charge in [0.2, 0.25) is 6.79 Å². The second kappa shape index (κ2) is 5.86. The highest BCUT2D eigenvalue weighted by Crippen LogP contribution is 2.38. The van der Waals surface area contributed by atoms with Crippen LogP contribution in [-0.4, -0.2) is 30.8 Å². The molecule has 2 aromatic rings. The fraction of sp³-hybridized carbons (Fsp3) is 0.188. The number of fused-ring (bicyclic) bond motifs is 2. The van der Waals surface area contributed by atoms with Gasteiger partial charge in [0.25, 0.3) is 11.6 Å². The molecule has 0 atom stereocenters. The van der Waals surface area contributed by atoms with Crippen molar-refractivity contribution in [3.8, 4) is 23.0 Å². The van der Waals surface area contributed by atoms with Gasteiger partial charge in [0.15, 0.2) is 23.0 Å². The summed E-state index contributed by atoms with van der Waals surface area (Å²) >= 11 is 0. The minimum atomic E-state index is -0.638. The van der Waals surface area contributed by atoms with Gasteiger partial charge >= 0.3 is 0 Å². The summed E-state index contributed by atoms with van der Waals surface area (Å²) in [5.74, 6) is 0.977. The van der Waals surface area contributed by atoms with E-state index in [1.165, 1.54) is 12.1 Å². The van der Waals surface area contributed by atoms with E-state index in [0.717, 1.165) is 0 Å². The maximum Gasteiger partial charge on any atom is 0.286 e. The minimum absolute atomic E-state index is 0.0419. The van der Waals surface area contributed by atoms with Crippen LogP contribution < -0.4 is 24.3 Å². The second-order valence-electron chi connectivity index (χ2n) is 5.29. The van der Waals surface area contributed by atoms with Crippen molar-refractivity contribution in [2.24, 2.45) is 0 Å². The van der Waals surface area contributed by atoms with Crippen LogP contribution in [0.2, 0.25) is 0 Å². The van der Waals surface area contributed by atoms with Crippen molar-refractivity contribution in [2.75, 3.05) is 25.3 Å². The number of nitro benzene ring substituents is 1. The Morgan fingerprint density at radius 2 is 1.64 bits per heavy atom. The lowest BCUT2D eigenvalue weighted by Gasteiger charge is -2.19. The average Bonchev–Trinajstić information content (AvgIpc) is 3.08. The van der Waals surface area contributed by atoms with Gasteiger partial charge in [0, 0.05) is 17.8 Å². The summed E-state index contributed by atoms with van der Waals surface area (Å²) in [6.45, 7) is 0.833. The number of anilines is 1. The Morgan fingerprint density at radius 1 is 0.960 bits per heavy atom. The lowest BCUT2D eigenvalue weighted by Crippen LogP contribution is -2.17. The number of nitrogens with one attached hydrogen (secondary N) is 1. The Bertz CT molecular complexity index is 881. The van der Waals surface area contributed by atoms with Crippen molar-refractivity contribution < 1.29 is 28.7 Å². The molecule has 0 aromatic heterocycles. The molecule has 9 nitrogen and oxygen atoms in total. The molecule has 0 bridgehead atoms. The molecule has 0 saturated carbocycles. The van der Waals surface area contributed by atoms with Crippen molar-refractivity contribution in [1.82, 2.24) is 0 Å². The first-order chi connectivity index (χ1) is 12.1. The summed E-state index contributed by atoms with van der Waals surface area (Å²) in [6.07, 6.45) is 0. The molecule has 1 amide bonds. The Balaban J connectivity index is 1.64. The van der Waals surface area contributed by atoms with Crippen LogP contribution in [0.4, 0.5) is 11.4 Å². The van der Waals surface area contributed by atoms with Crippen LogP contribution in [0.5, 0.6) is 23.0 Å². The molecule has 0 aliphatic carbocycles. The summed E-state index contributed by atoms with van der Waals surface area (Å²) in [7, 11) is 0. The summed E-state index contributed by atoms with van der Waals surface area (Å²) in [6, 6.07) is 7.38. The van der Waals surface area contributed by atoms with Crippen molar-refractivity contribution >= 4 is 17.3 Å². The highest BCUT2D eigenvalue weighted by atomic mass is 16.7. The second-order valence-corrected chi connectivity index (χ2v) is 5.29. The molecule has 0 radical (unpaired) electrons. The predicted octanol–water partition coefficient (Wildman–Crippen LogP) is 2.35. The molecule has 0 fully saturated rings. The number of nitro groups is 1. The van der Waals surface area contributed by atoms with Crippen molar-refractivity contribution in [1.29, 1.82) is 0 Å². The molecule has 0 unspecified atom stereocenters. The monoisotopic (exact) mass is 344 g/mol. The van der Waals surface area contributed by atoms with E-state index in [1.807, 2.05) is 0 Å². The number of amides is 1. The van der Waals surface area contributed by atoms with E-state index in [4.69, 9.17) is 18.9 Å². The molecule has 4 rings (SSSR count). The van der Waals surface area contributed by atoms with Gasteiger partial charge in [-0.25, -0.2) is 0 Å². The van der Waals surface area contributed by atoms with Crippen LogP contribution in [0.1, 0.15) is 10.4 Å². The van der Waals surface area contributed by atoms with Gasteiger partial charge in [-0.1, -0.05) is 0 Å². The van der Waals surface area contributed by atoms with E-state index < -0.39 is 10.8 Å². The van der Waals surface area contributed by atoms with Gasteiger partial charge in [-0.3, -0.25) is 14.9 Å². The minimum Gasteiger partial charge on any atom is -0.486 e. The van der Waals surface area contributed by atoms with Gasteiger partial charge in [-0.15, -0.1) is 0 Å². The maximum absolute atomic E-state index is 12.5. The lowest BCUT2D eigenvalue weighted by molar-refractivity contribution is -0.385. The fourth-order valence-electron chi connectivity index (χ4n) is 2.58. The Morgan fingerprint density at radius 3 is 2.40 bits per heavy atom. The largest absolute Gasteiger partial charge is 0.486 e. The van der Waals surface area contributed by atoms with Gasteiger partial charge in [0.05, 0.1) is 11.0 Å². The van der Waals surface area contributed by atoms with E-state index in [0.29, 0.717) is 30.4 Å². The van der Waals surface area contributed by atoms with Crippen LogP contribution in [0.25, 0.3) is 0 Å². The summed E-state index contributed by atoms with van der Waals surface area (Å²) in [5.41, 5.74) is -0.0513. The number of carbonyl (C=O) groups is 1. The van der Waals surface area contributed by atoms with E-state index >= 15 is 0 Å². The van der Waals surface area contributed by atoms with Gasteiger partial charge in [0.1, 0.15) is 18.8 Å². The SMILES string of the molecule is O=C(Nc1ccc2c(c1)OCCO2)c1cc2c(cc1[N+](=O)[O-])OCO2. The summed E-state index contributed by atoms with van der Waals surface area (Å²) in [4.78, 5) is 23.1. The fourth-order valence-corrected chi connectivity index (χ4v) is 2.58. The standard InChI is InChI=1S/C16H12N2O7/c19-16(17-9-1-2-12-13(5-9)23-4-3-22-12)10-6-14-15(25-8-24-14)7-11(10)18(20)21/h1-2,5-7H,3-4,8H2,(H,17,19). The van der Waals surface area contributed by atoms with E-state index in [1.54, 1.807) is 18.2 Å². The highest BCUT2D eigenvalue weighted by molar-refractivity contribution is 6.07. The Labute approximate surface area is 141 Å². The number of rotatable bonds is 3. The number of ether oxygens (including phenoxy) is 4. The zero-order valence-corrected chi connectivity index (χ0v) is 12.8. The van der Waals surface area contributed by atoms with Crippen LogP contribution in [0, 0.1) is 10.1 Å². The van der Waals surface area contributed by atoms with Crippen molar-refractivity contribution in [2.45, 2.75) is 0 Å². The van der Waals surface area contributed by atoms with E-state index in [-0.39, 0.29) is 29.5 Å². The smallest absolute Gasteiger partial charge is 0.286 e. The lowest BCUT2D eigenvalue weighted by atomic mass is 10.1. The third kappa shape index (κ3) is 2.75. The molecule has 25 heavy (non-hydrogen) atoms. The molecule has 2 aliphatic rings. The number of benzene rings is 2. The first-order valence-electron chi connectivity index (χ1n) is 7.41. The van der Waals surface area contributed by atoms with E-state index in [2.05, 4.69) is 5.32 Å². The first-order valence-corrected chi connectivity index (χ1v) is 7.41. The number of nitrogens with zero attached hydrogens (tertiary/aromatic N) is 1. The van der Waals surface area contributed by atoms with Crippen LogP contribution >= 0.6 is 0 Å². The van der Waals surface area contributed by atoms with Gasteiger partial charge in [-0.05, 0) is 12.1 Å². The van der Waals surface area contributed by atoms with Crippen LogP contribution in [-0.2, 0) is 0 Å². The molecule has 2 heterocycles. The molecule has 9 heteroatoms. The van der Waals surface area contributed by atoms with Crippen LogP contribution in [0.3, 0.4) is 0 Å². The van der Waals surface area contributed by atoms with Crippen LogP contribution in [0.15, 0.2) is 30.3 Å². The van der Waals surface area contributed by atoms with Gasteiger partial charge in [-0.2, -0.15) is 0 Å². The van der Waals surface area contributed by atoms with Crippen molar-refractivity contribution in [3.05, 3.63) is 46.0 Å².